The van der Waals surface area contributed by atoms with Crippen LogP contribution in [-0.2, 0) is 0 Å². The molecule has 0 aliphatic rings. The predicted octanol–water partition coefficient (Wildman–Crippen LogP) is 1.09. The van der Waals surface area contributed by atoms with E-state index in [0.29, 0.717) is 12.0 Å². The van der Waals surface area contributed by atoms with Crippen molar-refractivity contribution in [1.29, 1.82) is 0 Å². The Balaban J connectivity index is 2.51. The molecule has 1 rings (SSSR count). The summed E-state index contributed by atoms with van der Waals surface area (Å²) >= 11 is 0. The molecule has 78 valence electrons. The van der Waals surface area contributed by atoms with Gasteiger partial charge in [-0.2, -0.15) is 0 Å². The van der Waals surface area contributed by atoms with Gasteiger partial charge in [0.2, 0.25) is 0 Å². The van der Waals surface area contributed by atoms with E-state index >= 15 is 0 Å². The highest BCUT2D eigenvalue weighted by molar-refractivity contribution is 5.71. The van der Waals surface area contributed by atoms with Crippen LogP contribution in [0.15, 0.2) is 16.5 Å². The smallest absolute Gasteiger partial charge is 0.196 e. The van der Waals surface area contributed by atoms with Crippen molar-refractivity contribution in [3.8, 4) is 0 Å². The Morgan fingerprint density at radius 1 is 1.29 bits per heavy atom. The van der Waals surface area contributed by atoms with Gasteiger partial charge in [0.15, 0.2) is 17.9 Å². The van der Waals surface area contributed by atoms with Crippen LogP contribution in [0.2, 0.25) is 0 Å². The molecule has 0 spiro atoms. The Bertz CT molecular complexity index is 294. The second-order valence-electron chi connectivity index (χ2n) is 3.52. The second-order valence-corrected chi connectivity index (χ2v) is 3.52. The molecule has 0 atom stereocenters. The molecule has 0 radical (unpaired) electrons. The van der Waals surface area contributed by atoms with Gasteiger partial charge in [0.05, 0.1) is 0 Å². The number of carbonyl (C=O) groups is 1. The highest BCUT2D eigenvalue weighted by Crippen LogP contribution is 2.15. The van der Waals surface area contributed by atoms with Gasteiger partial charge in [-0.3, -0.25) is 4.79 Å². The van der Waals surface area contributed by atoms with Crippen LogP contribution in [-0.4, -0.2) is 45.4 Å². The normalized spacial score (nSPS) is 10.6. The van der Waals surface area contributed by atoms with Crippen LogP contribution in [0, 0.1) is 0 Å². The Morgan fingerprint density at radius 3 is 2.50 bits per heavy atom. The zero-order chi connectivity index (χ0) is 10.6. The van der Waals surface area contributed by atoms with Crippen molar-refractivity contribution >= 4 is 12.2 Å². The van der Waals surface area contributed by atoms with E-state index in [-0.39, 0.29) is 0 Å². The summed E-state index contributed by atoms with van der Waals surface area (Å²) < 4.78 is 5.27. The number of likely N-dealkylation sites (N-methyl/N-ethyl adjacent to an activating group) is 2. The van der Waals surface area contributed by atoms with Crippen LogP contribution in [0.25, 0.3) is 0 Å². The third-order valence-electron chi connectivity index (χ3n) is 1.99. The topological polar surface area (TPSA) is 36.7 Å². The first kappa shape index (κ1) is 10.8. The maximum atomic E-state index is 10.4. The van der Waals surface area contributed by atoms with Crippen LogP contribution in [0.1, 0.15) is 10.6 Å². The third kappa shape index (κ3) is 2.88. The summed E-state index contributed by atoms with van der Waals surface area (Å²) in [6.45, 7) is 1.83. The molecular weight excluding hydrogens is 180 g/mol. The molecule has 0 saturated carbocycles. The van der Waals surface area contributed by atoms with Crippen molar-refractivity contribution in [2.45, 2.75) is 0 Å². The van der Waals surface area contributed by atoms with Gasteiger partial charge in [-0.25, -0.2) is 0 Å². The van der Waals surface area contributed by atoms with Gasteiger partial charge in [-0.05, 0) is 20.2 Å². The lowest BCUT2D eigenvalue weighted by molar-refractivity contribution is 0.110. The number of carbonyl (C=O) groups excluding carboxylic acids is 1. The molecule has 1 aromatic rings. The summed E-state index contributed by atoms with van der Waals surface area (Å²) in [6.07, 6.45) is 0.712. The zero-order valence-electron chi connectivity index (χ0n) is 8.86. The Kier molecular flexibility index (Phi) is 3.71. The summed E-state index contributed by atoms with van der Waals surface area (Å²) in [7, 11) is 5.98. The molecule has 0 bridgehead atoms. The minimum absolute atomic E-state index is 0.372. The molecule has 0 unspecified atom stereocenters. The fourth-order valence-electron chi connectivity index (χ4n) is 1.07. The summed E-state index contributed by atoms with van der Waals surface area (Å²) in [6, 6.07) is 3.48. The van der Waals surface area contributed by atoms with Crippen molar-refractivity contribution < 1.29 is 9.21 Å². The Morgan fingerprint density at radius 2 is 2.00 bits per heavy atom. The van der Waals surface area contributed by atoms with E-state index in [2.05, 4.69) is 4.90 Å². The van der Waals surface area contributed by atoms with Crippen molar-refractivity contribution in [3.63, 3.8) is 0 Å². The lowest BCUT2D eigenvalue weighted by Gasteiger charge is -2.18. The van der Waals surface area contributed by atoms with E-state index in [0.717, 1.165) is 19.0 Å². The molecule has 0 aliphatic carbocycles. The minimum Gasteiger partial charge on any atom is -0.438 e. The van der Waals surface area contributed by atoms with Gasteiger partial charge in [0.25, 0.3) is 0 Å². The molecule has 4 nitrogen and oxygen atoms in total. The molecule has 0 N–H and O–H groups in total. The molecular formula is C10H16N2O2. The van der Waals surface area contributed by atoms with Crippen LogP contribution in [0.4, 0.5) is 5.88 Å². The molecule has 0 aromatic carbocycles. The monoisotopic (exact) mass is 196 g/mol. The van der Waals surface area contributed by atoms with E-state index in [9.17, 15) is 4.79 Å². The maximum absolute atomic E-state index is 10.4. The van der Waals surface area contributed by atoms with E-state index in [1.54, 1.807) is 12.1 Å². The largest absolute Gasteiger partial charge is 0.438 e. The number of hydrogen-bond acceptors (Lipinski definition) is 4. The highest BCUT2D eigenvalue weighted by Gasteiger charge is 2.06. The summed E-state index contributed by atoms with van der Waals surface area (Å²) in [4.78, 5) is 14.5. The molecule has 0 aliphatic heterocycles. The lowest BCUT2D eigenvalue weighted by atomic mass is 10.4. The van der Waals surface area contributed by atoms with Gasteiger partial charge in [0, 0.05) is 26.2 Å². The van der Waals surface area contributed by atoms with E-state index in [4.69, 9.17) is 4.42 Å². The summed E-state index contributed by atoms with van der Waals surface area (Å²) in [5.74, 6) is 1.10. The fourth-order valence-corrected chi connectivity index (χ4v) is 1.07. The Hall–Kier alpha value is -1.29. The average molecular weight is 196 g/mol. The first-order valence-corrected chi connectivity index (χ1v) is 4.54. The van der Waals surface area contributed by atoms with Gasteiger partial charge in [-0.15, -0.1) is 0 Å². The third-order valence-corrected chi connectivity index (χ3v) is 1.99. The van der Waals surface area contributed by atoms with Gasteiger partial charge in [-0.1, -0.05) is 0 Å². The number of nitrogens with zero attached hydrogens (tertiary/aromatic N) is 2. The average Bonchev–Trinajstić information content (AvgIpc) is 2.62. The summed E-state index contributed by atoms with van der Waals surface area (Å²) in [5, 5.41) is 0. The van der Waals surface area contributed by atoms with Crippen molar-refractivity contribution in [2.75, 3.05) is 39.1 Å². The van der Waals surface area contributed by atoms with Crippen LogP contribution >= 0.6 is 0 Å². The Labute approximate surface area is 84.1 Å². The van der Waals surface area contributed by atoms with Crippen molar-refractivity contribution in [3.05, 3.63) is 17.9 Å². The second kappa shape index (κ2) is 4.81. The first-order valence-electron chi connectivity index (χ1n) is 4.54. The minimum atomic E-state index is 0.372. The highest BCUT2D eigenvalue weighted by atomic mass is 16.4. The van der Waals surface area contributed by atoms with Crippen LogP contribution < -0.4 is 4.90 Å². The lowest BCUT2D eigenvalue weighted by Crippen LogP contribution is -2.28. The van der Waals surface area contributed by atoms with Gasteiger partial charge in [0.1, 0.15) is 0 Å². The van der Waals surface area contributed by atoms with Crippen molar-refractivity contribution in [2.24, 2.45) is 0 Å². The summed E-state index contributed by atoms with van der Waals surface area (Å²) in [5.41, 5.74) is 0. The number of hydrogen-bond donors (Lipinski definition) is 0. The van der Waals surface area contributed by atoms with Gasteiger partial charge < -0.3 is 14.2 Å². The molecule has 0 saturated heterocycles. The molecule has 1 aromatic heterocycles. The zero-order valence-corrected chi connectivity index (χ0v) is 8.86. The van der Waals surface area contributed by atoms with Crippen LogP contribution in [0.5, 0.6) is 0 Å². The van der Waals surface area contributed by atoms with E-state index < -0.39 is 0 Å². The molecule has 0 amide bonds. The van der Waals surface area contributed by atoms with E-state index in [1.165, 1.54) is 0 Å². The quantitative estimate of drug-likeness (QED) is 0.660. The number of rotatable bonds is 5. The first-order chi connectivity index (χ1) is 6.63. The van der Waals surface area contributed by atoms with Gasteiger partial charge >= 0.3 is 0 Å². The van der Waals surface area contributed by atoms with Crippen molar-refractivity contribution in [1.82, 2.24) is 4.90 Å². The van der Waals surface area contributed by atoms with Crippen LogP contribution in [0.3, 0.4) is 0 Å². The number of furan rings is 1. The fraction of sp³-hybridized carbons (Fsp3) is 0.500. The number of aldehydes is 1. The molecule has 1 heterocycles. The standard InChI is InChI=1S/C10H16N2O2/c1-11(2)6-7-12(3)10-5-4-9(8-13)14-10/h4-5,8H,6-7H2,1-3H3. The molecule has 0 fully saturated rings. The molecule has 14 heavy (non-hydrogen) atoms. The predicted molar refractivity (Wildman–Crippen MR) is 55.9 cm³/mol. The SMILES string of the molecule is CN(C)CCN(C)c1ccc(C=O)o1. The number of anilines is 1. The maximum Gasteiger partial charge on any atom is 0.196 e. The molecule has 4 heteroatoms. The van der Waals surface area contributed by atoms with E-state index in [1.807, 2.05) is 26.0 Å².